The van der Waals surface area contributed by atoms with Gasteiger partial charge in [-0.2, -0.15) is 4.31 Å². The van der Waals surface area contributed by atoms with E-state index in [0.717, 1.165) is 25.9 Å². The third kappa shape index (κ3) is 5.31. The number of carbonyl (C=O) groups excluding carboxylic acids is 1. The number of halogens is 2. The molecule has 9 heteroatoms. The van der Waals surface area contributed by atoms with Crippen LogP contribution in [0.1, 0.15) is 48.7 Å². The molecule has 0 spiro atoms. The number of hydrogen-bond acceptors (Lipinski definition) is 4. The highest BCUT2D eigenvalue weighted by molar-refractivity contribution is 7.89. The Kier molecular flexibility index (Phi) is 8.27. The second-order valence-corrected chi connectivity index (χ2v) is 10.1. The number of sulfonamides is 1. The van der Waals surface area contributed by atoms with Crippen LogP contribution in [-0.4, -0.2) is 56.3 Å². The summed E-state index contributed by atoms with van der Waals surface area (Å²) in [4.78, 5) is 15.0. The van der Waals surface area contributed by atoms with Crippen molar-refractivity contribution in [2.24, 2.45) is 0 Å². The Morgan fingerprint density at radius 3 is 2.31 bits per heavy atom. The second kappa shape index (κ2) is 10.7. The second-order valence-electron chi connectivity index (χ2n) is 7.72. The Bertz CT molecular complexity index is 1020. The van der Waals surface area contributed by atoms with Crippen molar-refractivity contribution in [1.29, 1.82) is 0 Å². The average molecular weight is 482 g/mol. The molecule has 174 valence electrons. The predicted octanol–water partition coefficient (Wildman–Crippen LogP) is 4.08. The van der Waals surface area contributed by atoms with E-state index in [1.165, 1.54) is 34.6 Å². The topological polar surface area (TPSA) is 69.7 Å². The van der Waals surface area contributed by atoms with Gasteiger partial charge in [0.2, 0.25) is 10.0 Å². The summed E-state index contributed by atoms with van der Waals surface area (Å²) in [6.45, 7) is 6.11. The van der Waals surface area contributed by atoms with Gasteiger partial charge in [-0.15, -0.1) is 0 Å². The van der Waals surface area contributed by atoms with Crippen LogP contribution >= 0.6 is 11.6 Å². The van der Waals surface area contributed by atoms with Crippen molar-refractivity contribution >= 4 is 27.5 Å². The number of carbonyl (C=O) groups is 1. The van der Waals surface area contributed by atoms with Gasteiger partial charge in [-0.25, -0.2) is 12.8 Å². The van der Waals surface area contributed by atoms with Crippen LogP contribution in [0.25, 0.3) is 0 Å². The minimum atomic E-state index is -3.59. The summed E-state index contributed by atoms with van der Waals surface area (Å²) in [5.41, 5.74) is 0.723. The van der Waals surface area contributed by atoms with Crippen LogP contribution in [0.15, 0.2) is 47.4 Å². The van der Waals surface area contributed by atoms with Crippen LogP contribution in [0.5, 0.6) is 0 Å². The summed E-state index contributed by atoms with van der Waals surface area (Å²) in [5, 5.41) is 3.20. The molecule has 0 saturated carbocycles. The van der Waals surface area contributed by atoms with E-state index in [1.54, 1.807) is 26.0 Å². The summed E-state index contributed by atoms with van der Waals surface area (Å²) in [6, 6.07) is 10.1. The molecule has 1 amide bonds. The van der Waals surface area contributed by atoms with Gasteiger partial charge in [0.05, 0.1) is 10.9 Å². The van der Waals surface area contributed by atoms with Crippen molar-refractivity contribution in [2.45, 2.75) is 37.6 Å². The number of hydrogen-bond donors (Lipinski definition) is 1. The van der Waals surface area contributed by atoms with E-state index in [4.69, 9.17) is 11.6 Å². The molecular formula is C23H29ClFN3O3S. The Morgan fingerprint density at radius 2 is 1.75 bits per heavy atom. The summed E-state index contributed by atoms with van der Waals surface area (Å²) < 4.78 is 41.2. The largest absolute Gasteiger partial charge is 0.350 e. The number of rotatable bonds is 9. The molecule has 2 aromatic rings. The molecule has 1 heterocycles. The van der Waals surface area contributed by atoms with E-state index in [2.05, 4.69) is 10.2 Å². The SMILES string of the molecule is CCN(CC)S(=O)(=O)c1ccc(C(=O)NCC(c2c(F)cccc2Cl)N2CCCC2)cc1. The van der Waals surface area contributed by atoms with Crippen molar-refractivity contribution in [2.75, 3.05) is 32.7 Å². The summed E-state index contributed by atoms with van der Waals surface area (Å²) in [7, 11) is -3.59. The summed E-state index contributed by atoms with van der Waals surface area (Å²) >= 11 is 6.30. The molecule has 0 aliphatic carbocycles. The maximum absolute atomic E-state index is 14.6. The van der Waals surface area contributed by atoms with E-state index in [0.29, 0.717) is 29.2 Å². The molecule has 0 radical (unpaired) electrons. The zero-order valence-corrected chi connectivity index (χ0v) is 19.9. The van der Waals surface area contributed by atoms with Crippen LogP contribution < -0.4 is 5.32 Å². The van der Waals surface area contributed by atoms with Crippen LogP contribution in [0.2, 0.25) is 5.02 Å². The molecule has 2 aromatic carbocycles. The Balaban J connectivity index is 1.75. The lowest BCUT2D eigenvalue weighted by atomic mass is 10.0. The monoisotopic (exact) mass is 481 g/mol. The maximum Gasteiger partial charge on any atom is 0.251 e. The van der Waals surface area contributed by atoms with Gasteiger partial charge in [0.25, 0.3) is 5.91 Å². The van der Waals surface area contributed by atoms with Gasteiger partial charge in [0.1, 0.15) is 5.82 Å². The maximum atomic E-state index is 14.6. The molecule has 1 saturated heterocycles. The third-order valence-corrected chi connectivity index (χ3v) is 8.22. The molecule has 0 bridgehead atoms. The highest BCUT2D eigenvalue weighted by Gasteiger charge is 2.28. The van der Waals surface area contributed by atoms with Crippen LogP contribution in [0.3, 0.4) is 0 Å². The quantitative estimate of drug-likeness (QED) is 0.586. The molecule has 1 aliphatic heterocycles. The van der Waals surface area contributed by atoms with Gasteiger partial charge in [-0.05, 0) is 62.3 Å². The number of nitrogens with zero attached hydrogens (tertiary/aromatic N) is 2. The summed E-state index contributed by atoms with van der Waals surface area (Å²) in [5.74, 6) is -0.747. The fraction of sp³-hybridized carbons (Fsp3) is 0.435. The van der Waals surface area contributed by atoms with E-state index in [-0.39, 0.29) is 23.4 Å². The Labute approximate surface area is 194 Å². The van der Waals surface area contributed by atoms with Crippen molar-refractivity contribution < 1.29 is 17.6 Å². The molecule has 1 aliphatic rings. The van der Waals surface area contributed by atoms with Crippen LogP contribution in [-0.2, 0) is 10.0 Å². The summed E-state index contributed by atoms with van der Waals surface area (Å²) in [6.07, 6.45) is 2.03. The van der Waals surface area contributed by atoms with Crippen molar-refractivity contribution in [3.63, 3.8) is 0 Å². The zero-order chi connectivity index (χ0) is 23.3. The number of amides is 1. The van der Waals surface area contributed by atoms with E-state index in [9.17, 15) is 17.6 Å². The van der Waals surface area contributed by atoms with Gasteiger partial charge in [0.15, 0.2) is 0 Å². The molecule has 32 heavy (non-hydrogen) atoms. The van der Waals surface area contributed by atoms with E-state index < -0.39 is 15.8 Å². The van der Waals surface area contributed by atoms with Gasteiger partial charge in [0, 0.05) is 35.8 Å². The smallest absolute Gasteiger partial charge is 0.251 e. The first-order valence-corrected chi connectivity index (χ1v) is 12.7. The zero-order valence-electron chi connectivity index (χ0n) is 18.4. The number of benzene rings is 2. The molecule has 1 N–H and O–H groups in total. The normalized spacial score (nSPS) is 15.8. The van der Waals surface area contributed by atoms with Gasteiger partial charge >= 0.3 is 0 Å². The first kappa shape index (κ1) is 24.6. The highest BCUT2D eigenvalue weighted by atomic mass is 35.5. The third-order valence-electron chi connectivity index (χ3n) is 5.83. The fourth-order valence-corrected chi connectivity index (χ4v) is 5.83. The van der Waals surface area contributed by atoms with Crippen LogP contribution in [0.4, 0.5) is 4.39 Å². The number of nitrogens with one attached hydrogen (secondary N) is 1. The fourth-order valence-electron chi connectivity index (χ4n) is 4.08. The van der Waals surface area contributed by atoms with Crippen molar-refractivity contribution in [3.05, 3.63) is 64.4 Å². The van der Waals surface area contributed by atoms with E-state index >= 15 is 0 Å². The lowest BCUT2D eigenvalue weighted by molar-refractivity contribution is 0.0937. The standard InChI is InChI=1S/C23H29ClFN3O3S/c1-3-28(4-2)32(30,31)18-12-10-17(11-13-18)23(29)26-16-21(27-14-5-6-15-27)22-19(24)8-7-9-20(22)25/h7-13,21H,3-6,14-16H2,1-2H3,(H,26,29). The average Bonchev–Trinajstić information content (AvgIpc) is 3.31. The van der Waals surface area contributed by atoms with Gasteiger partial charge < -0.3 is 5.32 Å². The molecular weight excluding hydrogens is 453 g/mol. The van der Waals surface area contributed by atoms with Crippen molar-refractivity contribution in [1.82, 2.24) is 14.5 Å². The van der Waals surface area contributed by atoms with Gasteiger partial charge in [-0.3, -0.25) is 9.69 Å². The highest BCUT2D eigenvalue weighted by Crippen LogP contribution is 2.32. The molecule has 6 nitrogen and oxygen atoms in total. The van der Waals surface area contributed by atoms with Crippen LogP contribution in [0, 0.1) is 5.82 Å². The molecule has 1 atom stereocenters. The Morgan fingerprint density at radius 1 is 1.12 bits per heavy atom. The van der Waals surface area contributed by atoms with E-state index in [1.807, 2.05) is 0 Å². The lowest BCUT2D eigenvalue weighted by Crippen LogP contribution is -2.37. The van der Waals surface area contributed by atoms with Gasteiger partial charge in [-0.1, -0.05) is 31.5 Å². The molecule has 1 fully saturated rings. The molecule has 3 rings (SSSR count). The predicted molar refractivity (Wildman–Crippen MR) is 124 cm³/mol. The Hall–Kier alpha value is -2.00. The minimum Gasteiger partial charge on any atom is -0.350 e. The number of likely N-dealkylation sites (tertiary alicyclic amines) is 1. The first-order chi connectivity index (χ1) is 15.3. The molecule has 1 unspecified atom stereocenters. The first-order valence-electron chi connectivity index (χ1n) is 10.9. The molecule has 0 aromatic heterocycles. The lowest BCUT2D eigenvalue weighted by Gasteiger charge is -2.29. The minimum absolute atomic E-state index is 0.144. The van der Waals surface area contributed by atoms with Crippen molar-refractivity contribution in [3.8, 4) is 0 Å².